The summed E-state index contributed by atoms with van der Waals surface area (Å²) in [4.78, 5) is 12.1. The van der Waals surface area contributed by atoms with Crippen LogP contribution in [0.4, 0.5) is 5.69 Å². The second-order valence-electron chi connectivity index (χ2n) is 5.75. The third kappa shape index (κ3) is 3.51. The minimum Gasteiger partial charge on any atom is -0.384 e. The lowest BCUT2D eigenvalue weighted by atomic mass is 9.93. The maximum atomic E-state index is 12.1. The number of fused-ring (bicyclic) bond motifs is 1. The van der Waals surface area contributed by atoms with E-state index in [2.05, 4.69) is 22.8 Å². The number of anilines is 1. The zero-order valence-electron chi connectivity index (χ0n) is 11.7. The first kappa shape index (κ1) is 13.4. The molecule has 1 amide bonds. The van der Waals surface area contributed by atoms with Gasteiger partial charge in [-0.25, -0.2) is 0 Å². The molecule has 0 radical (unpaired) electrons. The third-order valence-electron chi connectivity index (χ3n) is 3.99. The van der Waals surface area contributed by atoms with Crippen LogP contribution in [0.15, 0.2) is 24.3 Å². The van der Waals surface area contributed by atoms with Gasteiger partial charge in [-0.3, -0.25) is 4.79 Å². The number of amides is 1. The number of rotatable bonds is 6. The Hall–Kier alpha value is -1.55. The van der Waals surface area contributed by atoms with Gasteiger partial charge >= 0.3 is 0 Å². The van der Waals surface area contributed by atoms with Gasteiger partial charge in [0.05, 0.1) is 12.5 Å². The summed E-state index contributed by atoms with van der Waals surface area (Å²) in [5, 5.41) is 6.30. The van der Waals surface area contributed by atoms with Crippen molar-refractivity contribution in [1.82, 2.24) is 5.32 Å². The first-order chi connectivity index (χ1) is 9.83. The van der Waals surface area contributed by atoms with Crippen LogP contribution in [-0.4, -0.2) is 32.2 Å². The van der Waals surface area contributed by atoms with E-state index in [4.69, 9.17) is 4.74 Å². The highest BCUT2D eigenvalue weighted by molar-refractivity contribution is 5.80. The number of para-hydroxylation sites is 1. The molecule has 1 heterocycles. The molecule has 0 bridgehead atoms. The zero-order chi connectivity index (χ0) is 13.8. The van der Waals surface area contributed by atoms with E-state index in [1.807, 2.05) is 12.1 Å². The molecule has 1 fully saturated rings. The highest BCUT2D eigenvalue weighted by Crippen LogP contribution is 2.28. The molecule has 4 heteroatoms. The Kier molecular flexibility index (Phi) is 4.21. The van der Waals surface area contributed by atoms with Gasteiger partial charge in [0.1, 0.15) is 0 Å². The average Bonchev–Trinajstić information content (AvgIpc) is 3.30. The third-order valence-corrected chi connectivity index (χ3v) is 3.99. The molecule has 1 aliphatic heterocycles. The van der Waals surface area contributed by atoms with Crippen LogP contribution in [0.1, 0.15) is 18.4 Å². The van der Waals surface area contributed by atoms with Gasteiger partial charge in [0.2, 0.25) is 5.91 Å². The van der Waals surface area contributed by atoms with E-state index < -0.39 is 0 Å². The Morgan fingerprint density at radius 3 is 3.05 bits per heavy atom. The van der Waals surface area contributed by atoms with Crippen LogP contribution in [0.5, 0.6) is 0 Å². The molecule has 1 unspecified atom stereocenters. The van der Waals surface area contributed by atoms with Crippen molar-refractivity contribution in [2.45, 2.75) is 19.3 Å². The van der Waals surface area contributed by atoms with Crippen molar-refractivity contribution in [2.24, 2.45) is 11.8 Å². The topological polar surface area (TPSA) is 50.4 Å². The molecule has 0 aromatic heterocycles. The summed E-state index contributed by atoms with van der Waals surface area (Å²) in [6.07, 6.45) is 3.43. The second-order valence-corrected chi connectivity index (χ2v) is 5.75. The minimum absolute atomic E-state index is 0.0216. The molecule has 20 heavy (non-hydrogen) atoms. The second kappa shape index (κ2) is 6.27. The maximum Gasteiger partial charge on any atom is 0.225 e. The van der Waals surface area contributed by atoms with Crippen LogP contribution < -0.4 is 10.6 Å². The van der Waals surface area contributed by atoms with E-state index in [9.17, 15) is 4.79 Å². The number of ether oxygens (including phenoxy) is 1. The number of nitrogens with one attached hydrogen (secondary N) is 2. The van der Waals surface area contributed by atoms with Crippen molar-refractivity contribution < 1.29 is 9.53 Å². The summed E-state index contributed by atoms with van der Waals surface area (Å²) in [7, 11) is 0. The predicted octanol–water partition coefficient (Wildman–Crippen LogP) is 1.81. The number of carbonyl (C=O) groups excluding carboxylic acids is 1. The first-order valence-electron chi connectivity index (χ1n) is 7.50. The van der Waals surface area contributed by atoms with E-state index in [-0.39, 0.29) is 11.8 Å². The molecule has 1 atom stereocenters. The maximum absolute atomic E-state index is 12.1. The highest BCUT2D eigenvalue weighted by Gasteiger charge is 2.24. The van der Waals surface area contributed by atoms with Crippen molar-refractivity contribution >= 4 is 11.6 Å². The Morgan fingerprint density at radius 1 is 1.35 bits per heavy atom. The summed E-state index contributed by atoms with van der Waals surface area (Å²) in [6, 6.07) is 8.19. The van der Waals surface area contributed by atoms with Gasteiger partial charge in [0.25, 0.3) is 0 Å². The van der Waals surface area contributed by atoms with Gasteiger partial charge in [-0.2, -0.15) is 0 Å². The first-order valence-corrected chi connectivity index (χ1v) is 7.50. The number of benzene rings is 1. The molecule has 2 N–H and O–H groups in total. The fourth-order valence-electron chi connectivity index (χ4n) is 2.55. The molecule has 1 aromatic carbocycles. The van der Waals surface area contributed by atoms with Crippen molar-refractivity contribution in [3.63, 3.8) is 0 Å². The average molecular weight is 274 g/mol. The van der Waals surface area contributed by atoms with E-state index >= 15 is 0 Å². The smallest absolute Gasteiger partial charge is 0.225 e. The monoisotopic (exact) mass is 274 g/mol. The number of carbonyl (C=O) groups is 1. The van der Waals surface area contributed by atoms with E-state index in [1.54, 1.807) is 0 Å². The van der Waals surface area contributed by atoms with Crippen molar-refractivity contribution in [3.8, 4) is 0 Å². The van der Waals surface area contributed by atoms with Crippen LogP contribution in [0.2, 0.25) is 0 Å². The molecule has 1 aromatic rings. The number of hydrogen-bond donors (Lipinski definition) is 2. The normalized spacial score (nSPS) is 20.9. The molecule has 1 saturated carbocycles. The fraction of sp³-hybridized carbons (Fsp3) is 0.562. The quantitative estimate of drug-likeness (QED) is 0.778. The van der Waals surface area contributed by atoms with Crippen molar-refractivity contribution in [1.29, 1.82) is 0 Å². The molecule has 4 nitrogen and oxygen atoms in total. The Balaban J connectivity index is 1.39. The molecule has 2 aliphatic rings. The summed E-state index contributed by atoms with van der Waals surface area (Å²) >= 11 is 0. The van der Waals surface area contributed by atoms with Gasteiger partial charge in [0, 0.05) is 25.4 Å². The van der Waals surface area contributed by atoms with Gasteiger partial charge in [-0.1, -0.05) is 18.2 Å². The summed E-state index contributed by atoms with van der Waals surface area (Å²) in [6.45, 7) is 2.81. The lowest BCUT2D eigenvalue weighted by Crippen LogP contribution is -2.39. The molecule has 108 valence electrons. The van der Waals surface area contributed by atoms with Crippen LogP contribution >= 0.6 is 0 Å². The van der Waals surface area contributed by atoms with Gasteiger partial charge in [0.15, 0.2) is 0 Å². The van der Waals surface area contributed by atoms with E-state index in [1.165, 1.54) is 18.4 Å². The summed E-state index contributed by atoms with van der Waals surface area (Å²) < 4.78 is 5.52. The van der Waals surface area contributed by atoms with Crippen molar-refractivity contribution in [2.75, 3.05) is 31.6 Å². The van der Waals surface area contributed by atoms with Gasteiger partial charge in [-0.15, -0.1) is 0 Å². The summed E-state index contributed by atoms with van der Waals surface area (Å²) in [5.41, 5.74) is 2.38. The lowest BCUT2D eigenvalue weighted by molar-refractivity contribution is -0.124. The predicted molar refractivity (Wildman–Crippen MR) is 78.7 cm³/mol. The van der Waals surface area contributed by atoms with Crippen LogP contribution in [-0.2, 0) is 16.0 Å². The fourth-order valence-corrected chi connectivity index (χ4v) is 2.55. The Bertz CT molecular complexity index is 471. The molecular formula is C16H22N2O2. The lowest BCUT2D eigenvalue weighted by Gasteiger charge is -2.25. The standard InChI is InChI=1S/C16H22N2O2/c19-16(17-7-8-20-11-12-5-6-12)14-9-13-3-1-2-4-15(13)18-10-14/h1-4,12,14,18H,5-11H2,(H,17,19). The molecule has 0 saturated heterocycles. The Morgan fingerprint density at radius 2 is 2.20 bits per heavy atom. The molecular weight excluding hydrogens is 252 g/mol. The van der Waals surface area contributed by atoms with Crippen LogP contribution in [0.25, 0.3) is 0 Å². The van der Waals surface area contributed by atoms with E-state index in [0.29, 0.717) is 19.7 Å². The zero-order valence-corrected chi connectivity index (χ0v) is 11.7. The van der Waals surface area contributed by atoms with Crippen LogP contribution in [0.3, 0.4) is 0 Å². The molecule has 1 aliphatic carbocycles. The molecule has 0 spiro atoms. The highest BCUT2D eigenvalue weighted by atomic mass is 16.5. The van der Waals surface area contributed by atoms with Gasteiger partial charge in [-0.05, 0) is 36.8 Å². The van der Waals surface area contributed by atoms with E-state index in [0.717, 1.165) is 24.6 Å². The Labute approximate surface area is 119 Å². The van der Waals surface area contributed by atoms with Crippen molar-refractivity contribution in [3.05, 3.63) is 29.8 Å². The molecule has 3 rings (SSSR count). The minimum atomic E-state index is 0.0216. The number of hydrogen-bond acceptors (Lipinski definition) is 3. The van der Waals surface area contributed by atoms with Gasteiger partial charge < -0.3 is 15.4 Å². The van der Waals surface area contributed by atoms with Crippen LogP contribution in [0, 0.1) is 11.8 Å². The summed E-state index contributed by atoms with van der Waals surface area (Å²) in [5.74, 6) is 0.931. The largest absolute Gasteiger partial charge is 0.384 e. The SMILES string of the molecule is O=C(NCCOCC1CC1)C1CNc2ccccc2C1.